The molecule has 3 aromatic rings. The fraction of sp³-hybridized carbons (Fsp3) is 0.312. The molecule has 0 saturated carbocycles. The number of nitrogens with zero attached hydrogens (tertiary/aromatic N) is 3. The largest absolute Gasteiger partial charge is 0.346 e. The molecule has 1 amide bonds. The van der Waals surface area contributed by atoms with Crippen LogP contribution in [-0.2, 0) is 17.8 Å². The van der Waals surface area contributed by atoms with Gasteiger partial charge in [-0.25, -0.2) is 9.97 Å². The van der Waals surface area contributed by atoms with Crippen molar-refractivity contribution >= 4 is 28.6 Å². The predicted octanol–water partition coefficient (Wildman–Crippen LogP) is 3.20. The number of aromatic nitrogens is 3. The van der Waals surface area contributed by atoms with E-state index in [2.05, 4.69) is 32.1 Å². The van der Waals surface area contributed by atoms with Crippen molar-refractivity contribution in [3.8, 4) is 0 Å². The van der Waals surface area contributed by atoms with Gasteiger partial charge in [0.05, 0.1) is 12.4 Å². The minimum atomic E-state index is -0.0708. The molecule has 1 atom stereocenters. The van der Waals surface area contributed by atoms with Gasteiger partial charge in [0, 0.05) is 42.9 Å². The zero-order chi connectivity index (χ0) is 16.1. The summed E-state index contributed by atoms with van der Waals surface area (Å²) in [5.74, 6) is 0.0341. The molecule has 0 unspecified atom stereocenters. The normalized spacial score (nSPS) is 12.2. The first-order valence-electron chi connectivity index (χ1n) is 7.39. The summed E-state index contributed by atoms with van der Waals surface area (Å²) < 4.78 is 1.90. The van der Waals surface area contributed by atoms with E-state index in [9.17, 15) is 4.79 Å². The van der Waals surface area contributed by atoms with Crippen molar-refractivity contribution in [1.29, 1.82) is 0 Å². The molecular weight excluding hydrogens is 328 g/mol. The molecule has 3 aromatic heterocycles. The van der Waals surface area contributed by atoms with Crippen LogP contribution in [0.2, 0.25) is 0 Å². The van der Waals surface area contributed by atoms with Crippen LogP contribution < -0.4 is 5.32 Å². The number of nitrogens with one attached hydrogen (secondary N) is 1. The number of thiophene rings is 1. The van der Waals surface area contributed by atoms with E-state index in [1.807, 2.05) is 23.1 Å². The molecule has 3 heterocycles. The third kappa shape index (κ3) is 4.49. The van der Waals surface area contributed by atoms with Gasteiger partial charge in [-0.3, -0.25) is 4.79 Å². The molecule has 3 rings (SSSR count). The number of hydrogen-bond acceptors (Lipinski definition) is 5. The Hall–Kier alpha value is -1.99. The van der Waals surface area contributed by atoms with Crippen molar-refractivity contribution in [2.75, 3.05) is 0 Å². The first-order chi connectivity index (χ1) is 11.2. The molecule has 0 fully saturated rings. The Kier molecular flexibility index (Phi) is 5.19. The molecule has 0 saturated heterocycles. The molecule has 7 heteroatoms. The second kappa shape index (κ2) is 7.52. The molecule has 0 aromatic carbocycles. The van der Waals surface area contributed by atoms with E-state index in [1.54, 1.807) is 35.2 Å². The van der Waals surface area contributed by atoms with Gasteiger partial charge in [-0.05, 0) is 29.3 Å². The van der Waals surface area contributed by atoms with Gasteiger partial charge < -0.3 is 9.88 Å². The molecule has 0 spiro atoms. The fourth-order valence-electron chi connectivity index (χ4n) is 2.29. The van der Waals surface area contributed by atoms with Gasteiger partial charge in [-0.1, -0.05) is 0 Å². The topological polar surface area (TPSA) is 59.8 Å². The van der Waals surface area contributed by atoms with Crippen molar-refractivity contribution in [2.45, 2.75) is 32.4 Å². The van der Waals surface area contributed by atoms with Crippen LogP contribution in [0.5, 0.6) is 0 Å². The van der Waals surface area contributed by atoms with Gasteiger partial charge >= 0.3 is 0 Å². The van der Waals surface area contributed by atoms with E-state index >= 15 is 0 Å². The Morgan fingerprint density at radius 3 is 3.00 bits per heavy atom. The van der Waals surface area contributed by atoms with Crippen LogP contribution in [0.1, 0.15) is 28.7 Å². The molecular formula is C16H18N4OS2. The lowest BCUT2D eigenvalue weighted by atomic mass is 10.1. The van der Waals surface area contributed by atoms with Crippen molar-refractivity contribution in [2.24, 2.45) is 0 Å². The van der Waals surface area contributed by atoms with Gasteiger partial charge in [0.1, 0.15) is 5.01 Å². The lowest BCUT2D eigenvalue weighted by Crippen LogP contribution is -2.30. The smallest absolute Gasteiger partial charge is 0.222 e. The summed E-state index contributed by atoms with van der Waals surface area (Å²) in [5, 5.41) is 10.3. The predicted molar refractivity (Wildman–Crippen MR) is 92.6 cm³/mol. The first kappa shape index (κ1) is 15.9. The molecule has 0 bridgehead atoms. The van der Waals surface area contributed by atoms with E-state index in [0.29, 0.717) is 13.0 Å². The number of rotatable bonds is 7. The zero-order valence-corrected chi connectivity index (χ0v) is 14.4. The number of thiazole rings is 1. The summed E-state index contributed by atoms with van der Waals surface area (Å²) >= 11 is 3.27. The monoisotopic (exact) mass is 346 g/mol. The number of amides is 1. The summed E-state index contributed by atoms with van der Waals surface area (Å²) in [6, 6.07) is 2.02. The van der Waals surface area contributed by atoms with E-state index in [0.717, 1.165) is 17.1 Å². The average Bonchev–Trinajstić information content (AvgIpc) is 3.27. The van der Waals surface area contributed by atoms with Gasteiger partial charge in [0.2, 0.25) is 5.91 Å². The fourth-order valence-corrected chi connectivity index (χ4v) is 3.82. The minimum Gasteiger partial charge on any atom is -0.346 e. The highest BCUT2D eigenvalue weighted by molar-refractivity contribution is 7.09. The third-order valence-electron chi connectivity index (χ3n) is 3.45. The van der Waals surface area contributed by atoms with E-state index in [1.165, 1.54) is 5.56 Å². The number of carbonyl (C=O) groups is 1. The number of carbonyl (C=O) groups excluding carboxylic acids is 1. The number of hydrogen-bond donors (Lipinski definition) is 1. The van der Waals surface area contributed by atoms with Gasteiger partial charge in [-0.15, -0.1) is 11.3 Å². The highest BCUT2D eigenvalue weighted by Crippen LogP contribution is 2.23. The van der Waals surface area contributed by atoms with Crippen LogP contribution >= 0.6 is 22.7 Å². The number of imidazole rings is 1. The molecule has 0 aliphatic heterocycles. The summed E-state index contributed by atoms with van der Waals surface area (Å²) in [7, 11) is 0. The maximum atomic E-state index is 12.3. The van der Waals surface area contributed by atoms with Crippen LogP contribution in [-0.4, -0.2) is 20.4 Å². The standard InChI is InChI=1S/C16H18N4OS2/c1-12-9-23-16(18-12)14(8-13-3-7-22-10-13)19-15(21)2-5-20-6-4-17-11-20/h3-4,6-7,9-11,14H,2,5,8H2,1H3,(H,19,21)/t14-/m1/s1. The molecule has 23 heavy (non-hydrogen) atoms. The minimum absolute atomic E-state index is 0.0341. The van der Waals surface area contributed by atoms with Gasteiger partial charge in [-0.2, -0.15) is 11.3 Å². The Labute approximate surface area is 143 Å². The highest BCUT2D eigenvalue weighted by atomic mass is 32.1. The lowest BCUT2D eigenvalue weighted by molar-refractivity contribution is -0.122. The van der Waals surface area contributed by atoms with Crippen LogP contribution in [0.25, 0.3) is 0 Å². The summed E-state index contributed by atoms with van der Waals surface area (Å²) in [4.78, 5) is 20.8. The molecule has 120 valence electrons. The average molecular weight is 346 g/mol. The van der Waals surface area contributed by atoms with E-state index in [4.69, 9.17) is 0 Å². The van der Waals surface area contributed by atoms with E-state index in [-0.39, 0.29) is 11.9 Å². The summed E-state index contributed by atoms with van der Waals surface area (Å²) in [5.41, 5.74) is 2.22. The maximum Gasteiger partial charge on any atom is 0.222 e. The Bertz CT molecular complexity index is 734. The van der Waals surface area contributed by atoms with Crippen molar-refractivity contribution in [3.63, 3.8) is 0 Å². The molecule has 0 aliphatic rings. The SMILES string of the molecule is Cc1csc([C@@H](Cc2ccsc2)NC(=O)CCn2ccnc2)n1. The van der Waals surface area contributed by atoms with Crippen molar-refractivity contribution in [3.05, 3.63) is 57.2 Å². The zero-order valence-electron chi connectivity index (χ0n) is 12.8. The highest BCUT2D eigenvalue weighted by Gasteiger charge is 2.18. The van der Waals surface area contributed by atoms with Gasteiger partial charge in [0.25, 0.3) is 0 Å². The summed E-state index contributed by atoms with van der Waals surface area (Å²) in [6.07, 6.45) is 6.50. The molecule has 5 nitrogen and oxygen atoms in total. The lowest BCUT2D eigenvalue weighted by Gasteiger charge is -2.16. The Morgan fingerprint density at radius 1 is 1.43 bits per heavy atom. The second-order valence-electron chi connectivity index (χ2n) is 5.33. The van der Waals surface area contributed by atoms with Gasteiger partial charge in [0.15, 0.2) is 0 Å². The third-order valence-corrected chi connectivity index (χ3v) is 5.25. The van der Waals surface area contributed by atoms with Crippen molar-refractivity contribution < 1.29 is 4.79 Å². The summed E-state index contributed by atoms with van der Waals surface area (Å²) in [6.45, 7) is 2.61. The molecule has 1 N–H and O–H groups in total. The van der Waals surface area contributed by atoms with Crippen LogP contribution in [0.3, 0.4) is 0 Å². The molecule has 0 aliphatic carbocycles. The quantitative estimate of drug-likeness (QED) is 0.715. The Balaban J connectivity index is 1.64. The number of aryl methyl sites for hydroxylation is 2. The second-order valence-corrected chi connectivity index (χ2v) is 7.00. The van der Waals surface area contributed by atoms with Crippen LogP contribution in [0, 0.1) is 6.92 Å². The Morgan fingerprint density at radius 2 is 2.35 bits per heavy atom. The maximum absolute atomic E-state index is 12.3. The molecule has 0 radical (unpaired) electrons. The van der Waals surface area contributed by atoms with Crippen LogP contribution in [0.15, 0.2) is 40.9 Å². The van der Waals surface area contributed by atoms with Crippen LogP contribution in [0.4, 0.5) is 0 Å². The van der Waals surface area contributed by atoms with E-state index < -0.39 is 0 Å². The first-order valence-corrected chi connectivity index (χ1v) is 9.21. The van der Waals surface area contributed by atoms with Crippen molar-refractivity contribution in [1.82, 2.24) is 19.9 Å².